The minimum atomic E-state index is 0.275. The van der Waals surface area contributed by atoms with Gasteiger partial charge in [0, 0.05) is 11.6 Å². The van der Waals surface area contributed by atoms with Crippen LogP contribution < -0.4 is 14.9 Å². The Labute approximate surface area is 135 Å². The largest absolute Gasteiger partial charge is 0.454 e. The maximum atomic E-state index is 5.52. The van der Waals surface area contributed by atoms with Crippen LogP contribution in [0.15, 0.2) is 53.6 Å². The van der Waals surface area contributed by atoms with Gasteiger partial charge < -0.3 is 14.9 Å². The first kappa shape index (κ1) is 13.9. The maximum absolute atomic E-state index is 5.52. The summed E-state index contributed by atoms with van der Waals surface area (Å²) in [7, 11) is 0. The normalized spacial score (nSPS) is 19.0. The Balaban J connectivity index is 1.74. The summed E-state index contributed by atoms with van der Waals surface area (Å²) >= 11 is 0. The number of ether oxygens (including phenoxy) is 2. The molecule has 1 unspecified atom stereocenters. The first-order valence-electron chi connectivity index (χ1n) is 7.79. The van der Waals surface area contributed by atoms with E-state index >= 15 is 0 Å². The molecule has 1 N–H and O–H groups in total. The third-order valence-corrected chi connectivity index (χ3v) is 4.04. The van der Waals surface area contributed by atoms with Gasteiger partial charge in [0.15, 0.2) is 11.5 Å². The Hall–Kier alpha value is -2.75. The number of allylic oxidation sites excluding steroid dienone is 1. The molecular formula is C19H18N2O2. The first-order valence-corrected chi connectivity index (χ1v) is 7.79. The molecule has 0 saturated carbocycles. The number of nitrogens with zero attached hydrogens (tertiary/aromatic N) is 1. The summed E-state index contributed by atoms with van der Waals surface area (Å²) in [5.41, 5.74) is 7.59. The van der Waals surface area contributed by atoms with Crippen molar-refractivity contribution in [2.75, 3.05) is 6.79 Å². The van der Waals surface area contributed by atoms with Gasteiger partial charge in [-0.05, 0) is 42.7 Å². The Bertz CT molecular complexity index is 781. The second kappa shape index (κ2) is 5.80. The van der Waals surface area contributed by atoms with Crippen LogP contribution in [0.2, 0.25) is 0 Å². The van der Waals surface area contributed by atoms with Crippen LogP contribution in [0.25, 0.3) is 6.08 Å². The van der Waals surface area contributed by atoms with Crippen LogP contribution in [0.5, 0.6) is 11.5 Å². The molecular weight excluding hydrogens is 288 g/mol. The zero-order valence-corrected chi connectivity index (χ0v) is 13.0. The van der Waals surface area contributed by atoms with Crippen LogP contribution in [-0.2, 0) is 6.42 Å². The second-order valence-corrected chi connectivity index (χ2v) is 5.84. The predicted octanol–water partition coefficient (Wildman–Crippen LogP) is 3.37. The second-order valence-electron chi connectivity index (χ2n) is 5.84. The van der Waals surface area contributed by atoms with E-state index in [9.17, 15) is 0 Å². The zero-order valence-electron chi connectivity index (χ0n) is 13.0. The van der Waals surface area contributed by atoms with Gasteiger partial charge in [-0.25, -0.2) is 0 Å². The molecule has 1 atom stereocenters. The van der Waals surface area contributed by atoms with Crippen LogP contribution in [0.4, 0.5) is 0 Å². The summed E-state index contributed by atoms with van der Waals surface area (Å²) < 4.78 is 11.0. The monoisotopic (exact) mass is 306 g/mol. The van der Waals surface area contributed by atoms with Crippen molar-refractivity contribution in [2.24, 2.45) is 5.10 Å². The van der Waals surface area contributed by atoms with E-state index in [0.717, 1.165) is 34.8 Å². The molecule has 23 heavy (non-hydrogen) atoms. The molecule has 4 nitrogen and oxygen atoms in total. The van der Waals surface area contributed by atoms with Crippen LogP contribution in [0, 0.1) is 0 Å². The topological polar surface area (TPSA) is 42.9 Å². The molecule has 0 aromatic heterocycles. The molecule has 2 aliphatic rings. The quantitative estimate of drug-likeness (QED) is 0.925. The number of hydrogen-bond acceptors (Lipinski definition) is 4. The van der Waals surface area contributed by atoms with Gasteiger partial charge >= 0.3 is 0 Å². The first-order chi connectivity index (χ1) is 11.3. The molecule has 0 radical (unpaired) electrons. The zero-order chi connectivity index (χ0) is 15.6. The number of fused-ring (bicyclic) bond motifs is 2. The van der Waals surface area contributed by atoms with Crippen molar-refractivity contribution in [1.82, 2.24) is 5.43 Å². The average Bonchev–Trinajstić information content (AvgIpc) is 2.96. The number of nitrogens with one attached hydrogen (secondary N) is 1. The Morgan fingerprint density at radius 2 is 1.87 bits per heavy atom. The van der Waals surface area contributed by atoms with Gasteiger partial charge in [-0.3, -0.25) is 0 Å². The van der Waals surface area contributed by atoms with Gasteiger partial charge in [0.05, 0.1) is 5.71 Å². The van der Waals surface area contributed by atoms with Crippen molar-refractivity contribution in [2.45, 2.75) is 19.4 Å². The minimum absolute atomic E-state index is 0.275. The van der Waals surface area contributed by atoms with E-state index in [1.165, 1.54) is 5.56 Å². The molecule has 2 aliphatic heterocycles. The Morgan fingerprint density at radius 3 is 2.70 bits per heavy atom. The van der Waals surface area contributed by atoms with Crippen molar-refractivity contribution >= 4 is 11.8 Å². The standard InChI is InChI=1S/C19H18N2O2/c1-13-9-15-10-18-19(23-12-22-18)11-16(15)17(21-20-13)8-7-14-5-3-2-4-6-14/h2-8,10-11,13,20H,9,12H2,1H3/b8-7+. The molecule has 0 spiro atoms. The van der Waals surface area contributed by atoms with E-state index in [4.69, 9.17) is 9.47 Å². The van der Waals surface area contributed by atoms with E-state index in [2.05, 4.69) is 41.7 Å². The van der Waals surface area contributed by atoms with E-state index in [1.807, 2.05) is 30.3 Å². The van der Waals surface area contributed by atoms with Crippen molar-refractivity contribution in [3.05, 3.63) is 65.2 Å². The van der Waals surface area contributed by atoms with Gasteiger partial charge in [0.1, 0.15) is 0 Å². The van der Waals surface area contributed by atoms with Gasteiger partial charge in [-0.2, -0.15) is 5.10 Å². The van der Waals surface area contributed by atoms with E-state index < -0.39 is 0 Å². The lowest BCUT2D eigenvalue weighted by Gasteiger charge is -2.10. The fourth-order valence-corrected chi connectivity index (χ4v) is 2.87. The Morgan fingerprint density at radius 1 is 1.09 bits per heavy atom. The molecule has 0 bridgehead atoms. The fourth-order valence-electron chi connectivity index (χ4n) is 2.87. The number of hydrogen-bond donors (Lipinski definition) is 1. The van der Waals surface area contributed by atoms with Gasteiger partial charge in [0.2, 0.25) is 6.79 Å². The molecule has 0 aliphatic carbocycles. The van der Waals surface area contributed by atoms with Crippen LogP contribution >= 0.6 is 0 Å². The van der Waals surface area contributed by atoms with Gasteiger partial charge in [0.25, 0.3) is 0 Å². The molecule has 116 valence electrons. The number of benzene rings is 2. The third kappa shape index (κ3) is 2.80. The lowest BCUT2D eigenvalue weighted by Crippen LogP contribution is -2.21. The highest BCUT2D eigenvalue weighted by atomic mass is 16.7. The molecule has 2 heterocycles. The molecule has 0 saturated heterocycles. The van der Waals surface area contributed by atoms with E-state index in [-0.39, 0.29) is 6.04 Å². The van der Waals surface area contributed by atoms with Crippen molar-refractivity contribution < 1.29 is 9.47 Å². The van der Waals surface area contributed by atoms with Crippen LogP contribution in [-0.4, -0.2) is 18.5 Å². The molecule has 0 fully saturated rings. The molecule has 0 amide bonds. The van der Waals surface area contributed by atoms with Crippen molar-refractivity contribution in [3.63, 3.8) is 0 Å². The van der Waals surface area contributed by atoms with E-state index in [0.29, 0.717) is 6.79 Å². The molecule has 2 aromatic rings. The Kier molecular flexibility index (Phi) is 3.50. The lowest BCUT2D eigenvalue weighted by molar-refractivity contribution is 0.174. The van der Waals surface area contributed by atoms with Crippen molar-refractivity contribution in [1.29, 1.82) is 0 Å². The van der Waals surface area contributed by atoms with Gasteiger partial charge in [-0.15, -0.1) is 0 Å². The van der Waals surface area contributed by atoms with Gasteiger partial charge in [-0.1, -0.05) is 36.4 Å². The minimum Gasteiger partial charge on any atom is -0.454 e. The maximum Gasteiger partial charge on any atom is 0.231 e. The summed E-state index contributed by atoms with van der Waals surface area (Å²) in [4.78, 5) is 0. The van der Waals surface area contributed by atoms with E-state index in [1.54, 1.807) is 0 Å². The highest BCUT2D eigenvalue weighted by Crippen LogP contribution is 2.36. The smallest absolute Gasteiger partial charge is 0.231 e. The summed E-state index contributed by atoms with van der Waals surface area (Å²) in [6.45, 7) is 2.42. The SMILES string of the molecule is CC1Cc2cc3c(cc2C(/C=C/c2ccccc2)=NN1)OCO3. The number of hydrazone groups is 1. The van der Waals surface area contributed by atoms with Crippen LogP contribution in [0.3, 0.4) is 0 Å². The molecule has 4 heteroatoms. The van der Waals surface area contributed by atoms with Crippen LogP contribution in [0.1, 0.15) is 23.6 Å². The number of rotatable bonds is 2. The summed E-state index contributed by atoms with van der Waals surface area (Å²) in [6, 6.07) is 14.6. The lowest BCUT2D eigenvalue weighted by atomic mass is 9.97. The summed E-state index contributed by atoms with van der Waals surface area (Å²) in [6.07, 6.45) is 5.02. The highest BCUT2D eigenvalue weighted by Gasteiger charge is 2.22. The molecule has 2 aromatic carbocycles. The summed E-state index contributed by atoms with van der Waals surface area (Å²) in [5.74, 6) is 1.61. The fraction of sp³-hybridized carbons (Fsp3) is 0.211. The average molecular weight is 306 g/mol. The molecule has 4 rings (SSSR count). The summed E-state index contributed by atoms with van der Waals surface area (Å²) in [5, 5.41) is 4.57. The van der Waals surface area contributed by atoms with Crippen molar-refractivity contribution in [3.8, 4) is 11.5 Å². The highest BCUT2D eigenvalue weighted by molar-refractivity contribution is 6.12. The third-order valence-electron chi connectivity index (χ3n) is 4.04. The predicted molar refractivity (Wildman–Crippen MR) is 90.9 cm³/mol.